The molecule has 1 aliphatic rings. The Bertz CT molecular complexity index is 542. The van der Waals surface area contributed by atoms with Gasteiger partial charge in [0.25, 0.3) is 0 Å². The summed E-state index contributed by atoms with van der Waals surface area (Å²) in [5.74, 6) is 0.830. The van der Waals surface area contributed by atoms with E-state index in [9.17, 15) is 8.42 Å². The SMILES string of the molecule is CNCc1cccc(OC2CCCC(S(C)(=O)=O)C2)c1. The van der Waals surface area contributed by atoms with Crippen LogP contribution in [0.5, 0.6) is 5.75 Å². The normalized spacial score (nSPS) is 23.5. The number of ether oxygens (including phenoxy) is 1. The highest BCUT2D eigenvalue weighted by Crippen LogP contribution is 2.27. The molecule has 112 valence electrons. The summed E-state index contributed by atoms with van der Waals surface area (Å²) < 4.78 is 29.3. The van der Waals surface area contributed by atoms with Crippen molar-refractivity contribution < 1.29 is 13.2 Å². The second-order valence-electron chi connectivity index (χ2n) is 5.54. The van der Waals surface area contributed by atoms with Crippen LogP contribution in [0.15, 0.2) is 24.3 Å². The van der Waals surface area contributed by atoms with Crippen molar-refractivity contribution in [1.29, 1.82) is 0 Å². The summed E-state index contributed by atoms with van der Waals surface area (Å²) in [6.07, 6.45) is 4.55. The zero-order valence-corrected chi connectivity index (χ0v) is 12.9. The molecule has 2 atom stereocenters. The van der Waals surface area contributed by atoms with Gasteiger partial charge in [-0.2, -0.15) is 0 Å². The highest BCUT2D eigenvalue weighted by atomic mass is 32.2. The van der Waals surface area contributed by atoms with Crippen LogP contribution >= 0.6 is 0 Å². The number of rotatable bonds is 5. The van der Waals surface area contributed by atoms with Gasteiger partial charge in [0.05, 0.1) is 11.4 Å². The first-order valence-corrected chi connectivity index (χ1v) is 9.03. The van der Waals surface area contributed by atoms with Crippen molar-refractivity contribution in [1.82, 2.24) is 5.32 Å². The molecule has 1 aliphatic carbocycles. The summed E-state index contributed by atoms with van der Waals surface area (Å²) in [6.45, 7) is 0.799. The summed E-state index contributed by atoms with van der Waals surface area (Å²) >= 11 is 0. The van der Waals surface area contributed by atoms with Crippen molar-refractivity contribution >= 4 is 9.84 Å². The largest absolute Gasteiger partial charge is 0.490 e. The molecule has 0 amide bonds. The van der Waals surface area contributed by atoms with E-state index in [1.165, 1.54) is 11.8 Å². The van der Waals surface area contributed by atoms with Crippen LogP contribution in [0.2, 0.25) is 0 Å². The molecule has 5 heteroatoms. The fraction of sp³-hybridized carbons (Fsp3) is 0.600. The minimum atomic E-state index is -2.96. The lowest BCUT2D eigenvalue weighted by molar-refractivity contribution is 0.156. The average Bonchev–Trinajstić information content (AvgIpc) is 2.39. The van der Waals surface area contributed by atoms with Crippen LogP contribution in [0.1, 0.15) is 31.2 Å². The third-order valence-electron chi connectivity index (χ3n) is 3.77. The molecular formula is C15H23NO3S. The van der Waals surface area contributed by atoms with E-state index in [1.807, 2.05) is 31.3 Å². The molecule has 1 aromatic rings. The molecule has 0 saturated heterocycles. The van der Waals surface area contributed by atoms with Gasteiger partial charge < -0.3 is 10.1 Å². The molecule has 1 fully saturated rings. The zero-order chi connectivity index (χ0) is 14.6. The lowest BCUT2D eigenvalue weighted by atomic mass is 9.97. The quantitative estimate of drug-likeness (QED) is 0.904. The van der Waals surface area contributed by atoms with Gasteiger partial charge in [0.2, 0.25) is 0 Å². The van der Waals surface area contributed by atoms with E-state index in [-0.39, 0.29) is 11.4 Å². The molecule has 0 heterocycles. The lowest BCUT2D eigenvalue weighted by Gasteiger charge is -2.28. The molecule has 1 aromatic carbocycles. The molecule has 20 heavy (non-hydrogen) atoms. The molecule has 0 aromatic heterocycles. The Labute approximate surface area is 121 Å². The fourth-order valence-corrected chi connectivity index (χ4v) is 3.88. The Morgan fingerprint density at radius 1 is 1.35 bits per heavy atom. The first-order valence-electron chi connectivity index (χ1n) is 7.08. The van der Waals surface area contributed by atoms with Gasteiger partial charge in [-0.1, -0.05) is 12.1 Å². The van der Waals surface area contributed by atoms with Crippen LogP contribution in [0, 0.1) is 0 Å². The van der Waals surface area contributed by atoms with Gasteiger partial charge in [-0.25, -0.2) is 8.42 Å². The molecule has 0 bridgehead atoms. The Morgan fingerprint density at radius 3 is 2.85 bits per heavy atom. The average molecular weight is 297 g/mol. The Morgan fingerprint density at radius 2 is 2.15 bits per heavy atom. The van der Waals surface area contributed by atoms with E-state index in [0.29, 0.717) is 6.42 Å². The van der Waals surface area contributed by atoms with Crippen LogP contribution < -0.4 is 10.1 Å². The van der Waals surface area contributed by atoms with Crippen LogP contribution in [-0.4, -0.2) is 33.1 Å². The summed E-state index contributed by atoms with van der Waals surface area (Å²) in [5.41, 5.74) is 1.17. The summed E-state index contributed by atoms with van der Waals surface area (Å²) in [5, 5.41) is 2.86. The molecule has 0 aliphatic heterocycles. The maximum absolute atomic E-state index is 11.7. The third kappa shape index (κ3) is 4.21. The van der Waals surface area contributed by atoms with Gasteiger partial charge in [0, 0.05) is 19.2 Å². The highest BCUT2D eigenvalue weighted by molar-refractivity contribution is 7.91. The second-order valence-corrected chi connectivity index (χ2v) is 7.86. The van der Waals surface area contributed by atoms with Crippen LogP contribution in [-0.2, 0) is 16.4 Å². The van der Waals surface area contributed by atoms with Crippen LogP contribution in [0.4, 0.5) is 0 Å². The predicted octanol–water partition coefficient (Wildman–Crippen LogP) is 2.14. The minimum Gasteiger partial charge on any atom is -0.490 e. The monoisotopic (exact) mass is 297 g/mol. The van der Waals surface area contributed by atoms with E-state index in [1.54, 1.807) is 0 Å². The molecule has 0 spiro atoms. The van der Waals surface area contributed by atoms with Crippen molar-refractivity contribution in [2.75, 3.05) is 13.3 Å². The Hall–Kier alpha value is -1.07. The van der Waals surface area contributed by atoms with E-state index in [4.69, 9.17) is 4.74 Å². The van der Waals surface area contributed by atoms with E-state index < -0.39 is 9.84 Å². The van der Waals surface area contributed by atoms with Crippen LogP contribution in [0.3, 0.4) is 0 Å². The highest BCUT2D eigenvalue weighted by Gasteiger charge is 2.29. The zero-order valence-electron chi connectivity index (χ0n) is 12.1. The van der Waals surface area contributed by atoms with Gasteiger partial charge in [0.15, 0.2) is 0 Å². The van der Waals surface area contributed by atoms with Gasteiger partial charge in [-0.15, -0.1) is 0 Å². The van der Waals surface area contributed by atoms with Gasteiger partial charge in [-0.05, 0) is 44.0 Å². The first-order chi connectivity index (χ1) is 9.49. The Balaban J connectivity index is 2.00. The van der Waals surface area contributed by atoms with Crippen molar-refractivity contribution in [3.8, 4) is 5.75 Å². The number of benzene rings is 1. The lowest BCUT2D eigenvalue weighted by Crippen LogP contribution is -2.33. The Kier molecular flexibility index (Phi) is 5.05. The predicted molar refractivity (Wildman–Crippen MR) is 80.7 cm³/mol. The fourth-order valence-electron chi connectivity index (χ4n) is 2.72. The van der Waals surface area contributed by atoms with Gasteiger partial charge >= 0.3 is 0 Å². The molecule has 1 saturated carbocycles. The van der Waals surface area contributed by atoms with E-state index in [2.05, 4.69) is 5.32 Å². The molecule has 1 N–H and O–H groups in total. The first kappa shape index (κ1) is 15.3. The van der Waals surface area contributed by atoms with Crippen molar-refractivity contribution in [2.24, 2.45) is 0 Å². The number of hydrogen-bond acceptors (Lipinski definition) is 4. The van der Waals surface area contributed by atoms with E-state index in [0.717, 1.165) is 31.6 Å². The standard InChI is InChI=1S/C15H23NO3S/c1-16-11-12-5-3-6-13(9-12)19-14-7-4-8-15(10-14)20(2,17)18/h3,5-6,9,14-16H,4,7-8,10-11H2,1-2H3. The number of sulfone groups is 1. The topological polar surface area (TPSA) is 55.4 Å². The van der Waals surface area contributed by atoms with Gasteiger partial charge in [-0.3, -0.25) is 0 Å². The van der Waals surface area contributed by atoms with Crippen molar-refractivity contribution in [3.05, 3.63) is 29.8 Å². The van der Waals surface area contributed by atoms with Crippen molar-refractivity contribution in [2.45, 2.75) is 43.6 Å². The number of nitrogens with one attached hydrogen (secondary N) is 1. The number of hydrogen-bond donors (Lipinski definition) is 1. The maximum Gasteiger partial charge on any atom is 0.150 e. The molecule has 2 rings (SSSR count). The molecular weight excluding hydrogens is 274 g/mol. The molecule has 4 nitrogen and oxygen atoms in total. The van der Waals surface area contributed by atoms with Crippen LogP contribution in [0.25, 0.3) is 0 Å². The van der Waals surface area contributed by atoms with E-state index >= 15 is 0 Å². The molecule has 0 radical (unpaired) electrons. The third-order valence-corrected chi connectivity index (χ3v) is 5.40. The van der Waals surface area contributed by atoms with Crippen molar-refractivity contribution in [3.63, 3.8) is 0 Å². The second kappa shape index (κ2) is 6.59. The minimum absolute atomic E-state index is 0.00770. The summed E-state index contributed by atoms with van der Waals surface area (Å²) in [7, 11) is -1.05. The summed E-state index contributed by atoms with van der Waals surface area (Å²) in [6, 6.07) is 7.96. The molecule has 2 unspecified atom stereocenters. The smallest absolute Gasteiger partial charge is 0.150 e. The maximum atomic E-state index is 11.7. The van der Waals surface area contributed by atoms with Gasteiger partial charge in [0.1, 0.15) is 15.6 Å². The summed E-state index contributed by atoms with van der Waals surface area (Å²) in [4.78, 5) is 0.